The third kappa shape index (κ3) is 2.44. The van der Waals surface area contributed by atoms with Crippen LogP contribution in [0.2, 0.25) is 0 Å². The van der Waals surface area contributed by atoms with Gasteiger partial charge in [-0.3, -0.25) is 0 Å². The minimum Gasteiger partial charge on any atom is -0.206 e. The molecule has 1 aromatic rings. The number of rotatable bonds is 2. The molecule has 0 N–H and O–H groups in total. The van der Waals surface area contributed by atoms with Crippen molar-refractivity contribution in [3.8, 4) is 6.07 Å². The van der Waals surface area contributed by atoms with Crippen LogP contribution in [0.25, 0.3) is 0 Å². The van der Waals surface area contributed by atoms with Crippen molar-refractivity contribution in [2.24, 2.45) is 5.41 Å². The maximum atomic E-state index is 12.4. The van der Waals surface area contributed by atoms with Gasteiger partial charge in [0, 0.05) is 18.0 Å². The normalized spacial score (nSPS) is 20.5. The summed E-state index contributed by atoms with van der Waals surface area (Å²) in [5.74, 6) is 0. The summed E-state index contributed by atoms with van der Waals surface area (Å²) < 4.78 is 26.6. The van der Waals surface area contributed by atoms with E-state index in [2.05, 4.69) is 6.07 Å². The maximum Gasteiger partial charge on any atom is 0.252 e. The van der Waals surface area contributed by atoms with Crippen molar-refractivity contribution in [2.75, 3.05) is 13.1 Å². The van der Waals surface area contributed by atoms with Crippen LogP contribution in [0, 0.1) is 23.7 Å². The molecule has 1 saturated heterocycles. The van der Waals surface area contributed by atoms with E-state index in [-0.39, 0.29) is 5.41 Å². The fourth-order valence-electron chi connectivity index (χ4n) is 2.01. The smallest absolute Gasteiger partial charge is 0.206 e. The molecule has 18 heavy (non-hydrogen) atoms. The molecule has 0 amide bonds. The summed E-state index contributed by atoms with van der Waals surface area (Å²) in [6, 6.07) is 5.76. The molecule has 1 aliphatic heterocycles. The number of sulfonamides is 1. The SMILES string of the molecule is Cc1ccc(S(=O)(=O)N2CCC(C)(C#N)CC2)s1. The van der Waals surface area contributed by atoms with Crippen LogP contribution in [-0.2, 0) is 10.0 Å². The number of nitrogens with zero attached hydrogens (tertiary/aromatic N) is 2. The third-order valence-corrected chi connectivity index (χ3v) is 6.77. The summed E-state index contributed by atoms with van der Waals surface area (Å²) in [7, 11) is -3.36. The number of hydrogen-bond acceptors (Lipinski definition) is 4. The summed E-state index contributed by atoms with van der Waals surface area (Å²) >= 11 is 1.30. The van der Waals surface area contributed by atoms with E-state index in [1.807, 2.05) is 19.9 Å². The number of nitriles is 1. The van der Waals surface area contributed by atoms with Gasteiger partial charge in [-0.05, 0) is 38.8 Å². The van der Waals surface area contributed by atoms with Crippen LogP contribution in [0.3, 0.4) is 0 Å². The Hall–Kier alpha value is -0.900. The predicted molar refractivity (Wildman–Crippen MR) is 70.8 cm³/mol. The van der Waals surface area contributed by atoms with Crippen LogP contribution in [0.1, 0.15) is 24.6 Å². The van der Waals surface area contributed by atoms with E-state index < -0.39 is 10.0 Å². The molecule has 0 radical (unpaired) electrons. The third-order valence-electron chi connectivity index (χ3n) is 3.41. The summed E-state index contributed by atoms with van der Waals surface area (Å²) in [6.45, 7) is 4.66. The molecule has 0 bridgehead atoms. The van der Waals surface area contributed by atoms with E-state index in [1.165, 1.54) is 15.6 Å². The Morgan fingerprint density at radius 3 is 2.44 bits per heavy atom. The lowest BCUT2D eigenvalue weighted by molar-refractivity contribution is 0.232. The molecule has 0 saturated carbocycles. The fraction of sp³-hybridized carbons (Fsp3) is 0.583. The molecule has 2 rings (SSSR count). The second kappa shape index (κ2) is 4.65. The van der Waals surface area contributed by atoms with Gasteiger partial charge in [-0.2, -0.15) is 9.57 Å². The zero-order chi connectivity index (χ0) is 13.4. The van der Waals surface area contributed by atoms with Crippen LogP contribution in [-0.4, -0.2) is 25.8 Å². The van der Waals surface area contributed by atoms with E-state index in [0.717, 1.165) is 4.88 Å². The van der Waals surface area contributed by atoms with Gasteiger partial charge in [0.05, 0.1) is 11.5 Å². The largest absolute Gasteiger partial charge is 0.252 e. The molecular weight excluding hydrogens is 268 g/mol. The first kappa shape index (κ1) is 13.5. The van der Waals surface area contributed by atoms with E-state index in [9.17, 15) is 8.42 Å². The first-order valence-electron chi connectivity index (χ1n) is 5.85. The molecule has 2 heterocycles. The highest BCUT2D eigenvalue weighted by atomic mass is 32.2. The van der Waals surface area contributed by atoms with E-state index in [0.29, 0.717) is 30.1 Å². The molecule has 0 atom stereocenters. The first-order valence-corrected chi connectivity index (χ1v) is 8.11. The van der Waals surface area contributed by atoms with Crippen molar-refractivity contribution < 1.29 is 8.42 Å². The number of piperidine rings is 1. The van der Waals surface area contributed by atoms with E-state index in [4.69, 9.17) is 5.26 Å². The van der Waals surface area contributed by atoms with Crippen molar-refractivity contribution in [1.82, 2.24) is 4.31 Å². The van der Waals surface area contributed by atoms with Crippen molar-refractivity contribution in [3.63, 3.8) is 0 Å². The van der Waals surface area contributed by atoms with Crippen LogP contribution in [0.5, 0.6) is 0 Å². The van der Waals surface area contributed by atoms with Gasteiger partial charge < -0.3 is 0 Å². The van der Waals surface area contributed by atoms with E-state index >= 15 is 0 Å². The van der Waals surface area contributed by atoms with Gasteiger partial charge in [-0.15, -0.1) is 11.3 Å². The minimum atomic E-state index is -3.36. The molecule has 98 valence electrons. The Bertz CT molecular complexity index is 575. The number of aryl methyl sites for hydroxylation is 1. The summed E-state index contributed by atoms with van der Waals surface area (Å²) in [4.78, 5) is 0.993. The zero-order valence-corrected chi connectivity index (χ0v) is 12.1. The summed E-state index contributed by atoms with van der Waals surface area (Å²) in [6.07, 6.45) is 1.21. The highest BCUT2D eigenvalue weighted by Gasteiger charge is 2.35. The first-order chi connectivity index (χ1) is 8.37. The fourth-order valence-corrected chi connectivity index (χ4v) is 4.89. The Morgan fingerprint density at radius 2 is 2.00 bits per heavy atom. The second-order valence-corrected chi connectivity index (χ2v) is 8.39. The Labute approximate surface area is 112 Å². The lowest BCUT2D eigenvalue weighted by atomic mass is 9.83. The molecule has 1 aromatic heterocycles. The molecule has 1 aliphatic rings. The topological polar surface area (TPSA) is 61.2 Å². The van der Waals surface area contributed by atoms with E-state index in [1.54, 1.807) is 6.07 Å². The Balaban J connectivity index is 2.17. The second-order valence-electron chi connectivity index (χ2n) is 4.94. The van der Waals surface area contributed by atoms with Gasteiger partial charge in [-0.1, -0.05) is 0 Å². The monoisotopic (exact) mass is 284 g/mol. The van der Waals surface area contributed by atoms with Gasteiger partial charge in [0.1, 0.15) is 4.21 Å². The minimum absolute atomic E-state index is 0.378. The van der Waals surface area contributed by atoms with Crippen molar-refractivity contribution in [3.05, 3.63) is 17.0 Å². The van der Waals surface area contributed by atoms with Gasteiger partial charge >= 0.3 is 0 Å². The van der Waals surface area contributed by atoms with Crippen LogP contribution < -0.4 is 0 Å². The number of hydrogen-bond donors (Lipinski definition) is 0. The standard InChI is InChI=1S/C12H16N2O2S2/c1-10-3-4-11(17-10)18(15,16)14-7-5-12(2,9-13)6-8-14/h3-4H,5-8H2,1-2H3. The molecule has 0 unspecified atom stereocenters. The van der Waals surface area contributed by atoms with Gasteiger partial charge in [0.25, 0.3) is 10.0 Å². The Kier molecular flexibility index (Phi) is 3.49. The molecule has 1 fully saturated rings. The highest BCUT2D eigenvalue weighted by Crippen LogP contribution is 2.33. The van der Waals surface area contributed by atoms with Crippen molar-refractivity contribution in [1.29, 1.82) is 5.26 Å². The lowest BCUT2D eigenvalue weighted by Crippen LogP contribution is -2.41. The van der Waals surface area contributed by atoms with Gasteiger partial charge in [-0.25, -0.2) is 8.42 Å². The zero-order valence-electron chi connectivity index (χ0n) is 10.5. The predicted octanol–water partition coefficient (Wildman–Crippen LogP) is 2.37. The van der Waals surface area contributed by atoms with Crippen LogP contribution >= 0.6 is 11.3 Å². The van der Waals surface area contributed by atoms with Crippen molar-refractivity contribution in [2.45, 2.75) is 30.9 Å². The summed E-state index contributed by atoms with van der Waals surface area (Å²) in [5, 5.41) is 9.04. The van der Waals surface area contributed by atoms with Crippen molar-refractivity contribution >= 4 is 21.4 Å². The average Bonchev–Trinajstić information content (AvgIpc) is 2.77. The van der Waals surface area contributed by atoms with Gasteiger partial charge in [0.15, 0.2) is 0 Å². The summed E-state index contributed by atoms with van der Waals surface area (Å²) in [5.41, 5.74) is -0.378. The highest BCUT2D eigenvalue weighted by molar-refractivity contribution is 7.91. The quantitative estimate of drug-likeness (QED) is 0.837. The molecule has 0 aromatic carbocycles. The maximum absolute atomic E-state index is 12.4. The molecule has 4 nitrogen and oxygen atoms in total. The van der Waals surface area contributed by atoms with Crippen LogP contribution in [0.4, 0.5) is 0 Å². The average molecular weight is 284 g/mol. The van der Waals surface area contributed by atoms with Crippen LogP contribution in [0.15, 0.2) is 16.3 Å². The van der Waals surface area contributed by atoms with Gasteiger partial charge in [0.2, 0.25) is 0 Å². The Morgan fingerprint density at radius 1 is 1.39 bits per heavy atom. The molecular formula is C12H16N2O2S2. The molecule has 0 spiro atoms. The molecule has 6 heteroatoms. The number of thiophene rings is 1. The molecule has 0 aliphatic carbocycles. The lowest BCUT2D eigenvalue weighted by Gasteiger charge is -2.33.